The van der Waals surface area contributed by atoms with E-state index in [1.807, 2.05) is 17.5 Å². The Morgan fingerprint density at radius 2 is 2.00 bits per heavy atom. The van der Waals surface area contributed by atoms with Crippen LogP contribution in [0, 0.1) is 0 Å². The Morgan fingerprint density at radius 3 is 2.69 bits per heavy atom. The van der Waals surface area contributed by atoms with Crippen molar-refractivity contribution < 1.29 is 9.59 Å². The lowest BCUT2D eigenvalue weighted by Crippen LogP contribution is -2.25. The molecule has 0 fully saturated rings. The predicted octanol–water partition coefficient (Wildman–Crippen LogP) is 4.28. The number of nitrogens with zero attached hydrogens (tertiary/aromatic N) is 4. The van der Waals surface area contributed by atoms with Crippen molar-refractivity contribution in [1.29, 1.82) is 0 Å². The van der Waals surface area contributed by atoms with Crippen molar-refractivity contribution in [2.75, 3.05) is 5.32 Å². The molecule has 4 rings (SSSR count). The van der Waals surface area contributed by atoms with Crippen molar-refractivity contribution >= 4 is 52.2 Å². The number of aliphatic imine (C=N–C) groups is 2. The Hall–Kier alpha value is -3.36. The van der Waals surface area contributed by atoms with Gasteiger partial charge >= 0.3 is 0 Å². The first-order valence-electron chi connectivity index (χ1n) is 8.52. The number of carbonyl (C=O) groups is 2. The number of hydrogen-bond acceptors (Lipinski definition) is 5. The molecule has 1 aliphatic rings. The first kappa shape index (κ1) is 19.0. The molecule has 0 aliphatic carbocycles. The highest BCUT2D eigenvalue weighted by molar-refractivity contribution is 7.13. The van der Waals surface area contributed by atoms with Gasteiger partial charge in [-0.2, -0.15) is 14.8 Å². The Morgan fingerprint density at radius 1 is 1.21 bits per heavy atom. The lowest BCUT2D eigenvalue weighted by molar-refractivity contribution is -0.113. The summed E-state index contributed by atoms with van der Waals surface area (Å²) in [6.45, 7) is 5.34. The average molecular weight is 424 g/mol. The number of anilines is 1. The fraction of sp³-hybridized carbons (Fsp3) is 0.0500. The van der Waals surface area contributed by atoms with Gasteiger partial charge in [-0.1, -0.05) is 36.4 Å². The first-order valence-corrected chi connectivity index (χ1v) is 9.77. The maximum Gasteiger partial charge on any atom is 0.281 e. The minimum absolute atomic E-state index is 0.0529. The van der Waals surface area contributed by atoms with Crippen molar-refractivity contribution in [3.8, 4) is 10.6 Å². The summed E-state index contributed by atoms with van der Waals surface area (Å²) in [5.74, 6) is -0.544. The Labute approximate surface area is 175 Å². The third-order valence-electron chi connectivity index (χ3n) is 4.20. The van der Waals surface area contributed by atoms with Gasteiger partial charge in [0.25, 0.3) is 17.8 Å². The van der Waals surface area contributed by atoms with Crippen molar-refractivity contribution in [3.05, 3.63) is 70.6 Å². The van der Waals surface area contributed by atoms with Gasteiger partial charge in [0.1, 0.15) is 11.5 Å². The van der Waals surface area contributed by atoms with Gasteiger partial charge in [0.05, 0.1) is 26.7 Å². The lowest BCUT2D eigenvalue weighted by Gasteiger charge is -2.13. The molecule has 29 heavy (non-hydrogen) atoms. The molecule has 0 saturated heterocycles. The van der Waals surface area contributed by atoms with E-state index in [2.05, 4.69) is 27.0 Å². The summed E-state index contributed by atoms with van der Waals surface area (Å²) in [4.78, 5) is 34.0. The van der Waals surface area contributed by atoms with Crippen LogP contribution in [0.4, 0.5) is 5.82 Å². The van der Waals surface area contributed by atoms with Gasteiger partial charge in [0.15, 0.2) is 0 Å². The Bertz CT molecular complexity index is 1210. The van der Waals surface area contributed by atoms with E-state index >= 15 is 0 Å². The van der Waals surface area contributed by atoms with E-state index in [0.717, 1.165) is 4.88 Å². The van der Waals surface area contributed by atoms with Crippen molar-refractivity contribution in [3.63, 3.8) is 0 Å². The van der Waals surface area contributed by atoms with Gasteiger partial charge in [-0.15, -0.1) is 11.3 Å². The summed E-state index contributed by atoms with van der Waals surface area (Å²) in [6, 6.07) is 12.2. The number of thiophene rings is 1. The summed E-state index contributed by atoms with van der Waals surface area (Å²) < 4.78 is 1.33. The second-order valence-electron chi connectivity index (χ2n) is 6.13. The molecule has 3 aromatic rings. The largest absolute Gasteiger partial charge is 0.306 e. The van der Waals surface area contributed by atoms with Crippen LogP contribution in [0.15, 0.2) is 70.0 Å². The lowest BCUT2D eigenvalue weighted by atomic mass is 10.2. The van der Waals surface area contributed by atoms with Crippen LogP contribution in [0.2, 0.25) is 5.02 Å². The smallest absolute Gasteiger partial charge is 0.281 e. The SMILES string of the molecule is C=C1C(=O)N=C(n2nc(-c3cccs3)cc2NC(=O)c2ccccc2Cl)N=C1C. The summed E-state index contributed by atoms with van der Waals surface area (Å²) in [5.41, 5.74) is 1.59. The number of carbonyl (C=O) groups excluding carboxylic acids is 2. The molecule has 0 unspecified atom stereocenters. The highest BCUT2D eigenvalue weighted by Gasteiger charge is 2.23. The summed E-state index contributed by atoms with van der Waals surface area (Å²) in [7, 11) is 0. The molecule has 1 aromatic carbocycles. The molecule has 7 nitrogen and oxygen atoms in total. The van der Waals surface area contributed by atoms with Crippen molar-refractivity contribution in [2.45, 2.75) is 6.92 Å². The minimum atomic E-state index is -0.496. The summed E-state index contributed by atoms with van der Waals surface area (Å²) in [5, 5.41) is 9.53. The monoisotopic (exact) mass is 423 g/mol. The molecule has 0 atom stereocenters. The molecule has 0 bridgehead atoms. The maximum absolute atomic E-state index is 12.8. The van der Waals surface area contributed by atoms with Crippen LogP contribution in [0.5, 0.6) is 0 Å². The van der Waals surface area contributed by atoms with Crippen molar-refractivity contribution in [1.82, 2.24) is 9.78 Å². The molecule has 2 amide bonds. The highest BCUT2D eigenvalue weighted by atomic mass is 35.5. The minimum Gasteiger partial charge on any atom is -0.306 e. The molecular formula is C20H14ClN5O2S. The van der Waals surface area contributed by atoms with Crippen LogP contribution in [-0.4, -0.2) is 33.3 Å². The van der Waals surface area contributed by atoms with Gasteiger partial charge in [-0.3, -0.25) is 9.59 Å². The van der Waals surface area contributed by atoms with E-state index in [-0.39, 0.29) is 11.5 Å². The third kappa shape index (κ3) is 3.67. The zero-order chi connectivity index (χ0) is 20.5. The number of hydrogen-bond donors (Lipinski definition) is 1. The van der Waals surface area contributed by atoms with Crippen LogP contribution in [-0.2, 0) is 4.79 Å². The van der Waals surface area contributed by atoms with Gasteiger partial charge in [-0.25, -0.2) is 4.99 Å². The summed E-state index contributed by atoms with van der Waals surface area (Å²) in [6.07, 6.45) is 0. The second kappa shape index (κ2) is 7.57. The number of rotatable bonds is 3. The molecule has 0 spiro atoms. The van der Waals surface area contributed by atoms with E-state index in [1.165, 1.54) is 16.0 Å². The van der Waals surface area contributed by atoms with Gasteiger partial charge < -0.3 is 5.32 Å². The number of amides is 2. The van der Waals surface area contributed by atoms with Gasteiger partial charge in [0.2, 0.25) is 0 Å². The van der Waals surface area contributed by atoms with Gasteiger partial charge in [0, 0.05) is 6.07 Å². The number of halogens is 1. The van der Waals surface area contributed by atoms with Crippen LogP contribution >= 0.6 is 22.9 Å². The molecule has 9 heteroatoms. The molecule has 1 N–H and O–H groups in total. The first-order chi connectivity index (χ1) is 13.9. The van der Waals surface area contributed by atoms with Crippen LogP contribution in [0.3, 0.4) is 0 Å². The zero-order valence-corrected chi connectivity index (χ0v) is 16.8. The molecule has 144 valence electrons. The fourth-order valence-electron chi connectivity index (χ4n) is 2.65. The van der Waals surface area contributed by atoms with E-state index in [4.69, 9.17) is 11.6 Å². The average Bonchev–Trinajstić information content (AvgIpc) is 3.36. The van der Waals surface area contributed by atoms with E-state index in [1.54, 1.807) is 37.3 Å². The molecule has 2 aromatic heterocycles. The zero-order valence-electron chi connectivity index (χ0n) is 15.2. The predicted molar refractivity (Wildman–Crippen MR) is 115 cm³/mol. The van der Waals surface area contributed by atoms with E-state index in [9.17, 15) is 9.59 Å². The molecule has 3 heterocycles. The molecule has 0 saturated carbocycles. The van der Waals surface area contributed by atoms with Crippen LogP contribution in [0.1, 0.15) is 17.3 Å². The normalized spacial score (nSPS) is 13.9. The third-order valence-corrected chi connectivity index (χ3v) is 5.42. The van der Waals surface area contributed by atoms with Crippen LogP contribution in [0.25, 0.3) is 10.6 Å². The number of nitrogens with one attached hydrogen (secondary N) is 1. The Balaban J connectivity index is 1.78. The number of benzene rings is 1. The highest BCUT2D eigenvalue weighted by Crippen LogP contribution is 2.27. The fourth-order valence-corrected chi connectivity index (χ4v) is 3.55. The van der Waals surface area contributed by atoms with E-state index in [0.29, 0.717) is 27.8 Å². The van der Waals surface area contributed by atoms with Crippen molar-refractivity contribution in [2.24, 2.45) is 9.98 Å². The quantitative estimate of drug-likeness (QED) is 0.637. The molecular weight excluding hydrogens is 410 g/mol. The molecule has 0 radical (unpaired) electrons. The number of aromatic nitrogens is 2. The Kier molecular flexibility index (Phi) is 4.96. The van der Waals surface area contributed by atoms with E-state index < -0.39 is 11.8 Å². The van der Waals surface area contributed by atoms with Crippen LogP contribution < -0.4 is 5.32 Å². The summed E-state index contributed by atoms with van der Waals surface area (Å²) >= 11 is 7.63. The van der Waals surface area contributed by atoms with Gasteiger partial charge in [-0.05, 0) is 30.5 Å². The molecule has 1 aliphatic heterocycles. The standard InChI is InChI=1S/C20H14ClN5O2S/c1-11-12(2)22-20(24-18(11)27)26-17(10-15(25-26)16-8-5-9-29-16)23-19(28)13-6-3-4-7-14(13)21/h3-10H,1H2,2H3,(H,23,28). The second-order valence-corrected chi connectivity index (χ2v) is 7.49. The topological polar surface area (TPSA) is 88.7 Å². The maximum atomic E-state index is 12.8.